The zero-order valence-electron chi connectivity index (χ0n) is 11.2. The molecule has 3 heteroatoms. The number of thiophene rings is 1. The van der Waals surface area contributed by atoms with Crippen molar-refractivity contribution in [2.75, 3.05) is 16.8 Å². The summed E-state index contributed by atoms with van der Waals surface area (Å²) in [6, 6.07) is 17.5. The van der Waals surface area contributed by atoms with E-state index in [1.165, 1.54) is 32.0 Å². The number of likely N-dealkylation sites (N-methyl/N-ethyl adjacent to an activating group) is 1. The number of anilines is 3. The van der Waals surface area contributed by atoms with Gasteiger partial charge in [-0.25, -0.2) is 0 Å². The van der Waals surface area contributed by atoms with Gasteiger partial charge in [0.1, 0.15) is 11.2 Å². The molecule has 0 radical (unpaired) electrons. The van der Waals surface area contributed by atoms with Gasteiger partial charge in [-0.2, -0.15) is 0 Å². The third-order valence-electron chi connectivity index (χ3n) is 4.55. The van der Waals surface area contributed by atoms with Gasteiger partial charge in [0.05, 0.1) is 11.4 Å². The Bertz CT molecular complexity index is 836. The zero-order valence-corrected chi connectivity index (χ0v) is 12.0. The molecule has 0 N–H and O–H groups in total. The summed E-state index contributed by atoms with van der Waals surface area (Å²) in [6.45, 7) is 0. The van der Waals surface area contributed by atoms with Crippen LogP contribution in [-0.2, 0) is 6.42 Å². The number of hydrogen-bond donors (Lipinski definition) is 0. The lowest BCUT2D eigenvalue weighted by Crippen LogP contribution is -2.35. The maximum Gasteiger partial charge on any atom is 0.111 e. The smallest absolute Gasteiger partial charge is 0.111 e. The summed E-state index contributed by atoms with van der Waals surface area (Å²) >= 11 is 1.93. The number of rotatable bonds is 0. The second kappa shape index (κ2) is 3.55. The highest BCUT2D eigenvalue weighted by molar-refractivity contribution is 7.23. The van der Waals surface area contributed by atoms with Gasteiger partial charge in [-0.15, -0.1) is 11.3 Å². The molecule has 2 aliphatic heterocycles. The second-order valence-corrected chi connectivity index (χ2v) is 6.57. The summed E-state index contributed by atoms with van der Waals surface area (Å²) in [5.41, 5.74) is 4.22. The molecule has 2 nitrogen and oxygen atoms in total. The molecule has 2 aromatic carbocycles. The summed E-state index contributed by atoms with van der Waals surface area (Å²) in [6.07, 6.45) is 1.57. The molecule has 98 valence electrons. The van der Waals surface area contributed by atoms with Crippen LogP contribution in [0.25, 0.3) is 10.1 Å². The Morgan fingerprint density at radius 1 is 1.00 bits per heavy atom. The number of nitrogens with zero attached hydrogens (tertiary/aromatic N) is 2. The van der Waals surface area contributed by atoms with E-state index in [1.54, 1.807) is 0 Å². The standard InChI is InChI=1S/C17H14N2S/c1-18-13-7-3-4-8-14(13)19-16(18)10-12-11-6-2-5-9-15(11)20-17(12)19/h2-9,16H,10H2,1H3. The van der Waals surface area contributed by atoms with Crippen LogP contribution in [0, 0.1) is 0 Å². The van der Waals surface area contributed by atoms with Gasteiger partial charge < -0.3 is 9.80 Å². The Labute approximate surface area is 121 Å². The molecule has 0 saturated heterocycles. The number of fused-ring (bicyclic) bond motifs is 7. The highest BCUT2D eigenvalue weighted by atomic mass is 32.1. The van der Waals surface area contributed by atoms with E-state index >= 15 is 0 Å². The maximum absolute atomic E-state index is 2.52. The molecule has 5 rings (SSSR count). The van der Waals surface area contributed by atoms with Crippen LogP contribution in [0.5, 0.6) is 0 Å². The van der Waals surface area contributed by atoms with Crippen molar-refractivity contribution >= 4 is 37.8 Å². The minimum atomic E-state index is 0.457. The van der Waals surface area contributed by atoms with Crippen LogP contribution in [0.1, 0.15) is 5.56 Å². The SMILES string of the molecule is CN1c2ccccc2N2c3sc4ccccc4c3CC12. The first kappa shape index (κ1) is 10.7. The van der Waals surface area contributed by atoms with Gasteiger partial charge in [-0.3, -0.25) is 0 Å². The van der Waals surface area contributed by atoms with E-state index in [2.05, 4.69) is 65.4 Å². The van der Waals surface area contributed by atoms with Gasteiger partial charge in [0.2, 0.25) is 0 Å². The number of benzene rings is 2. The van der Waals surface area contributed by atoms with Crippen LogP contribution in [0.3, 0.4) is 0 Å². The van der Waals surface area contributed by atoms with Crippen molar-refractivity contribution in [2.24, 2.45) is 0 Å². The normalized spacial score (nSPS) is 19.4. The third-order valence-corrected chi connectivity index (χ3v) is 5.76. The van der Waals surface area contributed by atoms with Crippen molar-refractivity contribution in [1.82, 2.24) is 0 Å². The third kappa shape index (κ3) is 1.15. The fraction of sp³-hybridized carbons (Fsp3) is 0.176. The highest BCUT2D eigenvalue weighted by Crippen LogP contribution is 2.54. The van der Waals surface area contributed by atoms with Crippen molar-refractivity contribution < 1.29 is 0 Å². The fourth-order valence-corrected chi connectivity index (χ4v) is 4.88. The topological polar surface area (TPSA) is 6.48 Å². The Balaban J connectivity index is 1.79. The average Bonchev–Trinajstić information content (AvgIpc) is 3.09. The monoisotopic (exact) mass is 278 g/mol. The van der Waals surface area contributed by atoms with E-state index < -0.39 is 0 Å². The van der Waals surface area contributed by atoms with Crippen molar-refractivity contribution in [2.45, 2.75) is 12.6 Å². The van der Waals surface area contributed by atoms with Crippen molar-refractivity contribution in [3.63, 3.8) is 0 Å². The van der Waals surface area contributed by atoms with Crippen molar-refractivity contribution in [3.05, 3.63) is 54.1 Å². The molecule has 2 aliphatic rings. The number of hydrogen-bond acceptors (Lipinski definition) is 3. The lowest BCUT2D eigenvalue weighted by atomic mass is 10.1. The van der Waals surface area contributed by atoms with E-state index in [4.69, 9.17) is 0 Å². The molecular weight excluding hydrogens is 264 g/mol. The lowest BCUT2D eigenvalue weighted by molar-refractivity contribution is 0.706. The van der Waals surface area contributed by atoms with Crippen molar-refractivity contribution in [1.29, 1.82) is 0 Å². The van der Waals surface area contributed by atoms with Crippen LogP contribution in [0.2, 0.25) is 0 Å². The Kier molecular flexibility index (Phi) is 1.91. The zero-order chi connectivity index (χ0) is 13.3. The summed E-state index contributed by atoms with van der Waals surface area (Å²) in [5, 5.41) is 2.88. The molecule has 1 aromatic heterocycles. The molecule has 3 heterocycles. The lowest BCUT2D eigenvalue weighted by Gasteiger charge is -2.23. The molecular formula is C17H14N2S. The fourth-order valence-electron chi connectivity index (χ4n) is 3.59. The van der Waals surface area contributed by atoms with Crippen LogP contribution in [0.15, 0.2) is 48.5 Å². The molecule has 0 saturated carbocycles. The Hall–Kier alpha value is -2.00. The molecule has 0 spiro atoms. The first-order chi connectivity index (χ1) is 9.84. The predicted octanol–water partition coefficient (Wildman–Crippen LogP) is 4.37. The summed E-state index contributed by atoms with van der Waals surface area (Å²) < 4.78 is 1.41. The number of para-hydroxylation sites is 2. The van der Waals surface area contributed by atoms with Gasteiger partial charge in [0.25, 0.3) is 0 Å². The Morgan fingerprint density at radius 3 is 2.65 bits per heavy atom. The second-order valence-electron chi connectivity index (χ2n) is 5.54. The summed E-state index contributed by atoms with van der Waals surface area (Å²) in [7, 11) is 2.21. The molecule has 1 atom stereocenters. The highest BCUT2D eigenvalue weighted by Gasteiger charge is 2.42. The minimum Gasteiger partial charge on any atom is -0.352 e. The van der Waals surface area contributed by atoms with Gasteiger partial charge in [-0.05, 0) is 29.1 Å². The van der Waals surface area contributed by atoms with Gasteiger partial charge in [0.15, 0.2) is 0 Å². The van der Waals surface area contributed by atoms with Crippen LogP contribution < -0.4 is 9.80 Å². The van der Waals surface area contributed by atoms with Crippen molar-refractivity contribution in [3.8, 4) is 0 Å². The van der Waals surface area contributed by atoms with Crippen LogP contribution >= 0.6 is 11.3 Å². The van der Waals surface area contributed by atoms with Gasteiger partial charge in [0, 0.05) is 18.2 Å². The van der Waals surface area contributed by atoms with E-state index in [-0.39, 0.29) is 0 Å². The molecule has 20 heavy (non-hydrogen) atoms. The predicted molar refractivity (Wildman–Crippen MR) is 86.3 cm³/mol. The van der Waals surface area contributed by atoms with Gasteiger partial charge >= 0.3 is 0 Å². The minimum absolute atomic E-state index is 0.457. The van der Waals surface area contributed by atoms with Gasteiger partial charge in [-0.1, -0.05) is 30.3 Å². The quantitative estimate of drug-likeness (QED) is 0.602. The first-order valence-corrected chi connectivity index (χ1v) is 7.78. The molecule has 0 amide bonds. The molecule has 3 aromatic rings. The molecule has 1 unspecified atom stereocenters. The molecule has 0 bridgehead atoms. The molecule has 0 fully saturated rings. The summed E-state index contributed by atoms with van der Waals surface area (Å²) in [4.78, 5) is 4.94. The van der Waals surface area contributed by atoms with E-state index in [0.717, 1.165) is 6.42 Å². The van der Waals surface area contributed by atoms with E-state index in [9.17, 15) is 0 Å². The average molecular weight is 278 g/mol. The van der Waals surface area contributed by atoms with E-state index in [0.29, 0.717) is 6.17 Å². The Morgan fingerprint density at radius 2 is 1.75 bits per heavy atom. The molecule has 0 aliphatic carbocycles. The first-order valence-electron chi connectivity index (χ1n) is 6.96. The van der Waals surface area contributed by atoms with Crippen LogP contribution in [-0.4, -0.2) is 13.2 Å². The van der Waals surface area contributed by atoms with Crippen LogP contribution in [0.4, 0.5) is 16.4 Å². The maximum atomic E-state index is 2.52. The largest absolute Gasteiger partial charge is 0.352 e. The summed E-state index contributed by atoms with van der Waals surface area (Å²) in [5.74, 6) is 0. The van der Waals surface area contributed by atoms with E-state index in [1.807, 2.05) is 11.3 Å².